The molecule has 5 heteroatoms. The van der Waals surface area contributed by atoms with Crippen molar-refractivity contribution in [2.45, 2.75) is 45.6 Å². The Morgan fingerprint density at radius 3 is 2.42 bits per heavy atom. The first-order valence-electron chi connectivity index (χ1n) is 12.0. The van der Waals surface area contributed by atoms with Gasteiger partial charge in [-0.2, -0.15) is 0 Å². The third-order valence-corrected chi connectivity index (χ3v) is 7.49. The van der Waals surface area contributed by atoms with Gasteiger partial charge in [0.2, 0.25) is 5.95 Å². The van der Waals surface area contributed by atoms with Crippen LogP contribution in [0.1, 0.15) is 49.1 Å². The molecule has 2 saturated heterocycles. The van der Waals surface area contributed by atoms with E-state index in [4.69, 9.17) is 9.72 Å². The average molecular weight is 443 g/mol. The first kappa shape index (κ1) is 21.9. The first-order chi connectivity index (χ1) is 15.9. The molecule has 3 heterocycles. The summed E-state index contributed by atoms with van der Waals surface area (Å²) in [5.74, 6) is 1.69. The molecule has 1 aromatic heterocycles. The minimum absolute atomic E-state index is 0.0598. The van der Waals surface area contributed by atoms with Gasteiger partial charge in [-0.15, -0.1) is 0 Å². The number of benzene rings is 2. The third kappa shape index (κ3) is 4.60. The summed E-state index contributed by atoms with van der Waals surface area (Å²) in [5.41, 5.74) is 5.12. The van der Waals surface area contributed by atoms with Gasteiger partial charge in [0.1, 0.15) is 12.4 Å². The van der Waals surface area contributed by atoms with Gasteiger partial charge in [-0.25, -0.2) is 9.97 Å². The number of anilines is 1. The molecule has 1 spiro atoms. The van der Waals surface area contributed by atoms with Gasteiger partial charge in [-0.3, -0.25) is 0 Å². The molecule has 1 atom stereocenters. The zero-order valence-corrected chi connectivity index (χ0v) is 20.0. The van der Waals surface area contributed by atoms with Crippen LogP contribution in [0.15, 0.2) is 60.8 Å². The molecule has 5 rings (SSSR count). The van der Waals surface area contributed by atoms with Crippen LogP contribution in [0.2, 0.25) is 0 Å². The van der Waals surface area contributed by atoms with E-state index >= 15 is 0 Å². The highest BCUT2D eigenvalue weighted by Gasteiger charge is 2.41. The van der Waals surface area contributed by atoms with Crippen LogP contribution in [0.25, 0.3) is 0 Å². The third-order valence-electron chi connectivity index (χ3n) is 7.49. The first-order valence-corrected chi connectivity index (χ1v) is 12.0. The quantitative estimate of drug-likeness (QED) is 0.590. The molecule has 2 aliphatic heterocycles. The summed E-state index contributed by atoms with van der Waals surface area (Å²) in [6.45, 7) is 11.4. The predicted molar refractivity (Wildman–Crippen MR) is 133 cm³/mol. The highest BCUT2D eigenvalue weighted by Crippen LogP contribution is 2.37. The van der Waals surface area contributed by atoms with Crippen molar-refractivity contribution in [1.82, 2.24) is 15.3 Å². The highest BCUT2D eigenvalue weighted by molar-refractivity contribution is 5.41. The Kier molecular flexibility index (Phi) is 5.83. The van der Waals surface area contributed by atoms with Crippen LogP contribution in [-0.4, -0.2) is 36.1 Å². The Morgan fingerprint density at radius 2 is 1.73 bits per heavy atom. The van der Waals surface area contributed by atoms with E-state index in [2.05, 4.69) is 84.5 Å². The van der Waals surface area contributed by atoms with Crippen molar-refractivity contribution in [3.63, 3.8) is 0 Å². The topological polar surface area (TPSA) is 50.3 Å². The van der Waals surface area contributed by atoms with Crippen molar-refractivity contribution in [1.29, 1.82) is 0 Å². The Hall–Kier alpha value is -2.92. The van der Waals surface area contributed by atoms with E-state index in [9.17, 15) is 0 Å². The van der Waals surface area contributed by atoms with E-state index in [1.165, 1.54) is 29.5 Å². The van der Waals surface area contributed by atoms with Crippen LogP contribution >= 0.6 is 0 Å². The smallest absolute Gasteiger partial charge is 0.225 e. The fourth-order valence-electron chi connectivity index (χ4n) is 5.13. The average Bonchev–Trinajstić information content (AvgIpc) is 3.48. The lowest BCUT2D eigenvalue weighted by molar-refractivity contribution is 0.301. The van der Waals surface area contributed by atoms with Gasteiger partial charge >= 0.3 is 0 Å². The van der Waals surface area contributed by atoms with Crippen LogP contribution in [0.3, 0.4) is 0 Å². The molecule has 2 fully saturated rings. The van der Waals surface area contributed by atoms with Gasteiger partial charge in [0.15, 0.2) is 0 Å². The zero-order chi connectivity index (χ0) is 22.9. The van der Waals surface area contributed by atoms with Gasteiger partial charge in [-0.1, -0.05) is 55.8 Å². The molecule has 0 amide bonds. The lowest BCUT2D eigenvalue weighted by Gasteiger charge is -2.26. The maximum Gasteiger partial charge on any atom is 0.225 e. The van der Waals surface area contributed by atoms with E-state index in [0.29, 0.717) is 12.0 Å². The maximum absolute atomic E-state index is 6.07. The SMILES string of the molecule is Cc1ccc(C(C)(C)c2ccc(OCc3ccnc(N4CCC5(CCNC5)C4)n3)cc2)cc1. The number of nitrogens with one attached hydrogen (secondary N) is 1. The Morgan fingerprint density at radius 1 is 1.00 bits per heavy atom. The Bertz CT molecular complexity index is 1090. The van der Waals surface area contributed by atoms with E-state index < -0.39 is 0 Å². The van der Waals surface area contributed by atoms with Crippen LogP contribution in [0.4, 0.5) is 5.95 Å². The molecule has 0 aliphatic carbocycles. The number of aryl methyl sites for hydroxylation is 1. The number of nitrogens with zero attached hydrogens (tertiary/aromatic N) is 3. The highest BCUT2D eigenvalue weighted by atomic mass is 16.5. The van der Waals surface area contributed by atoms with Crippen LogP contribution < -0.4 is 15.0 Å². The van der Waals surface area contributed by atoms with E-state index in [1.54, 1.807) is 0 Å². The maximum atomic E-state index is 6.07. The fraction of sp³-hybridized carbons (Fsp3) is 0.429. The van der Waals surface area contributed by atoms with Crippen molar-refractivity contribution in [3.05, 3.63) is 83.2 Å². The van der Waals surface area contributed by atoms with E-state index in [1.807, 2.05) is 12.3 Å². The largest absolute Gasteiger partial charge is 0.487 e. The summed E-state index contributed by atoms with van der Waals surface area (Å²) in [5, 5.41) is 3.51. The Balaban J connectivity index is 1.22. The lowest BCUT2D eigenvalue weighted by atomic mass is 9.78. The van der Waals surface area contributed by atoms with Crippen molar-refractivity contribution in [2.75, 3.05) is 31.1 Å². The molecule has 0 radical (unpaired) electrons. The monoisotopic (exact) mass is 442 g/mol. The summed E-state index contributed by atoms with van der Waals surface area (Å²) in [7, 11) is 0. The van der Waals surface area contributed by atoms with Crippen molar-refractivity contribution < 1.29 is 4.74 Å². The van der Waals surface area contributed by atoms with Crippen LogP contribution in [-0.2, 0) is 12.0 Å². The molecular formula is C28H34N4O. The second-order valence-electron chi connectivity index (χ2n) is 10.3. The van der Waals surface area contributed by atoms with Gasteiger partial charge < -0.3 is 15.0 Å². The molecule has 5 nitrogen and oxygen atoms in total. The van der Waals surface area contributed by atoms with Gasteiger partial charge in [0, 0.05) is 36.7 Å². The summed E-state index contributed by atoms with van der Waals surface area (Å²) < 4.78 is 6.07. The second kappa shape index (κ2) is 8.79. The molecule has 2 aromatic carbocycles. The summed E-state index contributed by atoms with van der Waals surface area (Å²) in [6.07, 6.45) is 4.32. The standard InChI is InChI=1S/C28H34N4O/c1-21-4-6-22(7-5-21)27(2,3)23-8-10-25(11-9-23)33-18-24-12-15-30-26(31-24)32-17-14-28(20-32)13-16-29-19-28/h4-12,15,29H,13-14,16-20H2,1-3H3. The van der Waals surface area contributed by atoms with Crippen LogP contribution in [0, 0.1) is 12.3 Å². The molecule has 0 saturated carbocycles. The molecule has 1 unspecified atom stereocenters. The number of rotatable bonds is 6. The van der Waals surface area contributed by atoms with Crippen molar-refractivity contribution in [3.8, 4) is 5.75 Å². The Labute approximate surface area is 197 Å². The normalized spacial score (nSPS) is 20.5. The second-order valence-corrected chi connectivity index (χ2v) is 10.3. The fourth-order valence-corrected chi connectivity index (χ4v) is 5.13. The minimum Gasteiger partial charge on any atom is -0.487 e. The number of hydrogen-bond donors (Lipinski definition) is 1. The number of hydrogen-bond acceptors (Lipinski definition) is 5. The number of aromatic nitrogens is 2. The molecule has 0 bridgehead atoms. The number of ether oxygens (including phenoxy) is 1. The molecule has 2 aliphatic rings. The van der Waals surface area contributed by atoms with Crippen molar-refractivity contribution in [2.24, 2.45) is 5.41 Å². The van der Waals surface area contributed by atoms with Gasteiger partial charge in [0.05, 0.1) is 5.69 Å². The summed E-state index contributed by atoms with van der Waals surface area (Å²) in [6, 6.07) is 19.2. The molecule has 3 aromatic rings. The molecule has 172 valence electrons. The van der Waals surface area contributed by atoms with E-state index in [0.717, 1.165) is 43.6 Å². The molecule has 33 heavy (non-hydrogen) atoms. The van der Waals surface area contributed by atoms with Crippen molar-refractivity contribution >= 4 is 5.95 Å². The predicted octanol–water partition coefficient (Wildman–Crippen LogP) is 4.88. The lowest BCUT2D eigenvalue weighted by Crippen LogP contribution is -2.30. The summed E-state index contributed by atoms with van der Waals surface area (Å²) >= 11 is 0. The molecule has 1 N–H and O–H groups in total. The zero-order valence-electron chi connectivity index (χ0n) is 20.0. The van der Waals surface area contributed by atoms with Gasteiger partial charge in [0.25, 0.3) is 0 Å². The van der Waals surface area contributed by atoms with E-state index in [-0.39, 0.29) is 5.41 Å². The van der Waals surface area contributed by atoms with Crippen LogP contribution in [0.5, 0.6) is 5.75 Å². The summed E-state index contributed by atoms with van der Waals surface area (Å²) in [4.78, 5) is 11.7. The minimum atomic E-state index is -0.0598. The van der Waals surface area contributed by atoms with Gasteiger partial charge in [-0.05, 0) is 55.6 Å². The molecular weight excluding hydrogens is 408 g/mol.